The lowest BCUT2D eigenvalue weighted by Gasteiger charge is -2.42. The molecule has 0 radical (unpaired) electrons. The van der Waals surface area contributed by atoms with Crippen molar-refractivity contribution in [3.05, 3.63) is 65.9 Å². The van der Waals surface area contributed by atoms with E-state index in [1.807, 2.05) is 0 Å². The SMILES string of the molecule is C=CC(=O)N1CCN(c2nc(OCC3(N(C)C)CC3)nc3c2CCN(c2cccc4cccc(C)c24)C3)C[C@@H]1CC#N. The summed E-state index contributed by atoms with van der Waals surface area (Å²) in [6, 6.07) is 15.4. The lowest BCUT2D eigenvalue weighted by atomic mass is 9.99. The van der Waals surface area contributed by atoms with Gasteiger partial charge < -0.3 is 24.3 Å². The van der Waals surface area contributed by atoms with Crippen molar-refractivity contribution in [2.45, 2.75) is 50.7 Å². The van der Waals surface area contributed by atoms with Gasteiger partial charge in [-0.25, -0.2) is 0 Å². The summed E-state index contributed by atoms with van der Waals surface area (Å²) in [5.41, 5.74) is 4.62. The summed E-state index contributed by atoms with van der Waals surface area (Å²) >= 11 is 0. The number of nitriles is 1. The van der Waals surface area contributed by atoms with Crippen LogP contribution in [0.15, 0.2) is 49.1 Å². The van der Waals surface area contributed by atoms with Gasteiger partial charge in [0.1, 0.15) is 12.4 Å². The van der Waals surface area contributed by atoms with Crippen LogP contribution >= 0.6 is 0 Å². The highest BCUT2D eigenvalue weighted by Crippen LogP contribution is 2.41. The van der Waals surface area contributed by atoms with E-state index >= 15 is 0 Å². The third kappa shape index (κ3) is 5.16. The second-order valence-electron chi connectivity index (χ2n) is 12.0. The molecule has 2 fully saturated rings. The third-order valence-corrected chi connectivity index (χ3v) is 9.27. The second-order valence-corrected chi connectivity index (χ2v) is 12.0. The van der Waals surface area contributed by atoms with Gasteiger partial charge in [-0.15, -0.1) is 0 Å². The number of hydrogen-bond acceptors (Lipinski definition) is 8. The van der Waals surface area contributed by atoms with Crippen molar-refractivity contribution in [3.8, 4) is 12.1 Å². The number of rotatable bonds is 8. The fourth-order valence-electron chi connectivity index (χ4n) is 6.49. The molecule has 3 aliphatic rings. The summed E-state index contributed by atoms with van der Waals surface area (Å²) < 4.78 is 6.33. The van der Waals surface area contributed by atoms with Crippen molar-refractivity contribution >= 4 is 28.2 Å². The molecule has 0 bridgehead atoms. The third-order valence-electron chi connectivity index (χ3n) is 9.27. The number of carbonyl (C=O) groups excluding carboxylic acids is 1. The van der Waals surface area contributed by atoms with Crippen LogP contribution in [-0.2, 0) is 17.8 Å². The van der Waals surface area contributed by atoms with Gasteiger partial charge in [0, 0.05) is 42.8 Å². The number of nitrogens with zero attached hydrogens (tertiary/aromatic N) is 7. The van der Waals surface area contributed by atoms with E-state index in [1.165, 1.54) is 28.1 Å². The standard InChI is InChI=1S/C33H39N7O2/c1-5-29(41)40-19-18-39(20-25(40)12-16-34)31-26-13-17-38(28-11-7-10-24-9-6-8-23(2)30(24)28)21-27(26)35-32(36-31)42-22-33(14-15-33)37(3)4/h5-11,25H,1,12-15,17-22H2,2-4H3/t25-/m0/s1. The number of piperazine rings is 1. The molecule has 1 aliphatic carbocycles. The van der Waals surface area contributed by atoms with Gasteiger partial charge >= 0.3 is 6.01 Å². The average molecular weight is 566 g/mol. The summed E-state index contributed by atoms with van der Waals surface area (Å²) in [5.74, 6) is 0.732. The van der Waals surface area contributed by atoms with Gasteiger partial charge in [-0.3, -0.25) is 4.79 Å². The lowest BCUT2D eigenvalue weighted by Crippen LogP contribution is -2.55. The molecule has 9 heteroatoms. The van der Waals surface area contributed by atoms with Gasteiger partial charge in [-0.05, 0) is 63.4 Å². The molecule has 1 amide bonds. The Morgan fingerprint density at radius 3 is 2.67 bits per heavy atom. The maximum atomic E-state index is 12.5. The zero-order valence-corrected chi connectivity index (χ0v) is 24.8. The van der Waals surface area contributed by atoms with Gasteiger partial charge in [0.25, 0.3) is 0 Å². The van der Waals surface area contributed by atoms with E-state index in [0.717, 1.165) is 42.9 Å². The van der Waals surface area contributed by atoms with Crippen LogP contribution < -0.4 is 14.5 Å². The van der Waals surface area contributed by atoms with Crippen LogP contribution in [0.3, 0.4) is 0 Å². The van der Waals surface area contributed by atoms with E-state index in [-0.39, 0.29) is 23.9 Å². The Morgan fingerprint density at radius 1 is 1.17 bits per heavy atom. The molecule has 42 heavy (non-hydrogen) atoms. The first kappa shape index (κ1) is 28.0. The number of aromatic nitrogens is 2. The first-order chi connectivity index (χ1) is 20.3. The number of carbonyl (C=O) groups is 1. The molecule has 0 spiro atoms. The van der Waals surface area contributed by atoms with Gasteiger partial charge in [-0.2, -0.15) is 15.2 Å². The summed E-state index contributed by atoms with van der Waals surface area (Å²) in [7, 11) is 4.19. The fraction of sp³-hybridized carbons (Fsp3) is 0.455. The van der Waals surface area contributed by atoms with E-state index in [0.29, 0.717) is 38.8 Å². The van der Waals surface area contributed by atoms with Crippen LogP contribution in [0.4, 0.5) is 11.5 Å². The Morgan fingerprint density at radius 2 is 1.95 bits per heavy atom. The van der Waals surface area contributed by atoms with Crippen molar-refractivity contribution in [1.82, 2.24) is 19.8 Å². The van der Waals surface area contributed by atoms with E-state index in [4.69, 9.17) is 14.7 Å². The van der Waals surface area contributed by atoms with Gasteiger partial charge in [0.15, 0.2) is 0 Å². The number of amides is 1. The van der Waals surface area contributed by atoms with Crippen LogP contribution in [0.1, 0.15) is 36.1 Å². The molecular weight excluding hydrogens is 526 g/mol. The van der Waals surface area contributed by atoms with Gasteiger partial charge in [-0.1, -0.05) is 36.9 Å². The largest absolute Gasteiger partial charge is 0.461 e. The summed E-state index contributed by atoms with van der Waals surface area (Å²) in [5, 5.41) is 12.0. The molecule has 0 N–H and O–H groups in total. The van der Waals surface area contributed by atoms with Crippen molar-refractivity contribution in [1.29, 1.82) is 5.26 Å². The minimum absolute atomic E-state index is 0.0422. The van der Waals surface area contributed by atoms with Gasteiger partial charge in [0.05, 0.1) is 36.3 Å². The Bertz CT molecular complexity index is 1550. The smallest absolute Gasteiger partial charge is 0.318 e. The maximum Gasteiger partial charge on any atom is 0.318 e. The van der Waals surface area contributed by atoms with E-state index in [9.17, 15) is 10.1 Å². The molecule has 9 nitrogen and oxygen atoms in total. The number of anilines is 2. The number of benzene rings is 2. The Kier molecular flexibility index (Phi) is 7.50. The molecule has 2 aromatic carbocycles. The average Bonchev–Trinajstić information content (AvgIpc) is 3.80. The molecule has 1 aromatic heterocycles. The number of fused-ring (bicyclic) bond motifs is 2. The zero-order chi connectivity index (χ0) is 29.4. The molecule has 1 saturated heterocycles. The molecule has 2 aliphatic heterocycles. The van der Waals surface area contributed by atoms with Gasteiger partial charge in [0.2, 0.25) is 5.91 Å². The van der Waals surface area contributed by atoms with E-state index in [1.54, 1.807) is 4.90 Å². The van der Waals surface area contributed by atoms with Crippen molar-refractivity contribution in [3.63, 3.8) is 0 Å². The number of ether oxygens (including phenoxy) is 1. The Labute approximate surface area is 248 Å². The topological polar surface area (TPSA) is 88.8 Å². The quantitative estimate of drug-likeness (QED) is 0.378. The van der Waals surface area contributed by atoms with Crippen LogP contribution in [0.5, 0.6) is 6.01 Å². The monoisotopic (exact) mass is 565 g/mol. The van der Waals surface area contributed by atoms with Crippen molar-refractivity contribution in [2.24, 2.45) is 0 Å². The Hall–Kier alpha value is -4.16. The molecule has 6 rings (SSSR count). The molecular formula is C33H39N7O2. The number of hydrogen-bond donors (Lipinski definition) is 0. The van der Waals surface area contributed by atoms with Crippen LogP contribution in [-0.4, -0.2) is 84.1 Å². The normalized spacial score (nSPS) is 19.4. The molecule has 3 aromatic rings. The minimum Gasteiger partial charge on any atom is -0.461 e. The van der Waals surface area contributed by atoms with Crippen LogP contribution in [0.25, 0.3) is 10.8 Å². The second kappa shape index (κ2) is 11.3. The van der Waals surface area contributed by atoms with E-state index in [2.05, 4.69) is 84.8 Å². The van der Waals surface area contributed by atoms with E-state index < -0.39 is 0 Å². The predicted octanol–water partition coefficient (Wildman–Crippen LogP) is 4.09. The first-order valence-corrected chi connectivity index (χ1v) is 14.8. The predicted molar refractivity (Wildman–Crippen MR) is 165 cm³/mol. The first-order valence-electron chi connectivity index (χ1n) is 14.8. The Balaban J connectivity index is 1.35. The highest BCUT2D eigenvalue weighted by molar-refractivity contribution is 5.97. The molecule has 218 valence electrons. The molecule has 0 unspecified atom stereocenters. The number of aryl methyl sites for hydroxylation is 1. The molecule has 3 heterocycles. The van der Waals surface area contributed by atoms with Crippen molar-refractivity contribution in [2.75, 3.05) is 56.7 Å². The summed E-state index contributed by atoms with van der Waals surface area (Å²) in [6.07, 6.45) is 4.58. The maximum absolute atomic E-state index is 12.5. The minimum atomic E-state index is -0.230. The highest BCUT2D eigenvalue weighted by Gasteiger charge is 2.46. The molecule has 1 saturated carbocycles. The van der Waals surface area contributed by atoms with Crippen molar-refractivity contribution < 1.29 is 9.53 Å². The highest BCUT2D eigenvalue weighted by atomic mass is 16.5. The van der Waals surface area contributed by atoms with Crippen LogP contribution in [0.2, 0.25) is 0 Å². The zero-order valence-electron chi connectivity index (χ0n) is 24.8. The fourth-order valence-corrected chi connectivity index (χ4v) is 6.49. The van der Waals surface area contributed by atoms with Crippen LogP contribution in [0, 0.1) is 18.3 Å². The summed E-state index contributed by atoms with van der Waals surface area (Å²) in [4.78, 5) is 31.2. The molecule has 1 atom stereocenters. The lowest BCUT2D eigenvalue weighted by molar-refractivity contribution is -0.128. The summed E-state index contributed by atoms with van der Waals surface area (Å²) in [6.45, 7) is 9.54. The number of likely N-dealkylation sites (N-methyl/N-ethyl adjacent to an activating group) is 1.